The average molecular weight is 302 g/mol. The minimum atomic E-state index is 0.270. The van der Waals surface area contributed by atoms with Gasteiger partial charge in [0.2, 0.25) is 0 Å². The number of likely N-dealkylation sites (N-methyl/N-ethyl adjacent to an activating group) is 1. The highest BCUT2D eigenvalue weighted by atomic mass is 35.5. The summed E-state index contributed by atoms with van der Waals surface area (Å²) in [5.41, 5.74) is 1.12. The lowest BCUT2D eigenvalue weighted by Crippen LogP contribution is -2.43. The molecule has 1 saturated carbocycles. The molecule has 4 heteroatoms. The Morgan fingerprint density at radius 3 is 2.63 bits per heavy atom. The summed E-state index contributed by atoms with van der Waals surface area (Å²) in [6.45, 7) is 3.05. The third-order valence-corrected chi connectivity index (χ3v) is 4.26. The molecule has 1 fully saturated rings. The van der Waals surface area contributed by atoms with Crippen molar-refractivity contribution in [2.24, 2.45) is 5.92 Å². The van der Waals surface area contributed by atoms with Gasteiger partial charge in [-0.15, -0.1) is 0 Å². The molecule has 0 radical (unpaired) electrons. The van der Waals surface area contributed by atoms with Crippen LogP contribution in [-0.2, 0) is 11.2 Å². The van der Waals surface area contributed by atoms with Crippen LogP contribution < -0.4 is 5.32 Å². The van der Waals surface area contributed by atoms with Gasteiger partial charge >= 0.3 is 0 Å². The van der Waals surface area contributed by atoms with Crippen LogP contribution in [0.2, 0.25) is 10.0 Å². The van der Waals surface area contributed by atoms with E-state index >= 15 is 0 Å². The maximum absolute atomic E-state index is 6.26. The lowest BCUT2D eigenvalue weighted by molar-refractivity contribution is 0.0516. The molecule has 106 valence electrons. The topological polar surface area (TPSA) is 21.3 Å². The number of hydrogen-bond acceptors (Lipinski definition) is 2. The van der Waals surface area contributed by atoms with Gasteiger partial charge in [-0.25, -0.2) is 0 Å². The number of halogens is 2. The molecule has 1 aromatic carbocycles. The lowest BCUT2D eigenvalue weighted by Gasteiger charge is -2.27. The molecule has 0 amide bonds. The van der Waals surface area contributed by atoms with E-state index in [0.29, 0.717) is 17.0 Å². The molecule has 1 aliphatic carbocycles. The molecular weight excluding hydrogens is 281 g/mol. The third-order valence-electron chi connectivity index (χ3n) is 3.68. The second-order valence-corrected chi connectivity index (χ2v) is 5.99. The predicted octanol–water partition coefficient (Wildman–Crippen LogP) is 3.94. The van der Waals surface area contributed by atoms with E-state index in [1.165, 1.54) is 12.8 Å². The summed E-state index contributed by atoms with van der Waals surface area (Å²) in [5, 5.41) is 4.95. The average Bonchev–Trinajstić information content (AvgIpc) is 3.18. The molecule has 2 atom stereocenters. The molecule has 1 aliphatic rings. The van der Waals surface area contributed by atoms with E-state index in [1.807, 2.05) is 12.1 Å². The van der Waals surface area contributed by atoms with Crippen LogP contribution >= 0.6 is 23.2 Å². The number of methoxy groups -OCH3 is 1. The van der Waals surface area contributed by atoms with Crippen LogP contribution in [0.25, 0.3) is 0 Å². The summed E-state index contributed by atoms with van der Waals surface area (Å²) in [6.07, 6.45) is 3.69. The third kappa shape index (κ3) is 4.09. The van der Waals surface area contributed by atoms with Gasteiger partial charge in [-0.2, -0.15) is 0 Å². The number of rotatable bonds is 7. The fourth-order valence-electron chi connectivity index (χ4n) is 2.60. The first kappa shape index (κ1) is 15.1. The summed E-state index contributed by atoms with van der Waals surface area (Å²) >= 11 is 12.2. The fraction of sp³-hybridized carbons (Fsp3) is 0.600. The van der Waals surface area contributed by atoms with Crippen LogP contribution in [0.3, 0.4) is 0 Å². The van der Waals surface area contributed by atoms with Crippen LogP contribution in [0.15, 0.2) is 18.2 Å². The molecule has 1 N–H and O–H groups in total. The molecule has 0 bridgehead atoms. The SMILES string of the molecule is CCNC(Cc1ccc(Cl)cc1Cl)C(OC)C1CC1. The van der Waals surface area contributed by atoms with Gasteiger partial charge in [0.15, 0.2) is 0 Å². The summed E-state index contributed by atoms with van der Waals surface area (Å²) in [5.74, 6) is 0.695. The first-order valence-electron chi connectivity index (χ1n) is 6.85. The van der Waals surface area contributed by atoms with E-state index in [-0.39, 0.29) is 6.10 Å². The van der Waals surface area contributed by atoms with Gasteiger partial charge in [0.1, 0.15) is 0 Å². The molecule has 0 aliphatic heterocycles. The Hall–Kier alpha value is -0.280. The second-order valence-electron chi connectivity index (χ2n) is 5.14. The van der Waals surface area contributed by atoms with E-state index in [9.17, 15) is 0 Å². The monoisotopic (exact) mass is 301 g/mol. The minimum Gasteiger partial charge on any atom is -0.380 e. The van der Waals surface area contributed by atoms with Crippen molar-refractivity contribution in [1.29, 1.82) is 0 Å². The Labute approximate surface area is 125 Å². The molecular formula is C15H21Cl2NO. The van der Waals surface area contributed by atoms with Crippen LogP contribution in [-0.4, -0.2) is 25.8 Å². The highest BCUT2D eigenvalue weighted by Crippen LogP contribution is 2.36. The zero-order valence-corrected chi connectivity index (χ0v) is 13.0. The Bertz CT molecular complexity index is 421. The van der Waals surface area contributed by atoms with Gasteiger partial charge in [-0.05, 0) is 49.4 Å². The standard InChI is InChI=1S/C15H21Cl2NO/c1-3-18-14(15(19-2)10-4-5-10)8-11-6-7-12(16)9-13(11)17/h6-7,9-10,14-15,18H,3-5,8H2,1-2H3. The van der Waals surface area contributed by atoms with Gasteiger partial charge in [0.05, 0.1) is 6.10 Å². The lowest BCUT2D eigenvalue weighted by atomic mass is 9.98. The zero-order chi connectivity index (χ0) is 13.8. The number of benzene rings is 1. The van der Waals surface area contributed by atoms with E-state index in [2.05, 4.69) is 12.2 Å². The van der Waals surface area contributed by atoms with Crippen molar-refractivity contribution >= 4 is 23.2 Å². The van der Waals surface area contributed by atoms with Gasteiger partial charge in [-0.1, -0.05) is 36.2 Å². The van der Waals surface area contributed by atoms with Crippen molar-refractivity contribution in [3.05, 3.63) is 33.8 Å². The van der Waals surface area contributed by atoms with Crippen LogP contribution in [0, 0.1) is 5.92 Å². The van der Waals surface area contributed by atoms with E-state index in [4.69, 9.17) is 27.9 Å². The fourth-order valence-corrected chi connectivity index (χ4v) is 3.09. The van der Waals surface area contributed by atoms with E-state index in [0.717, 1.165) is 23.6 Å². The normalized spacial score (nSPS) is 18.3. The zero-order valence-electron chi connectivity index (χ0n) is 11.5. The van der Waals surface area contributed by atoms with E-state index in [1.54, 1.807) is 13.2 Å². The van der Waals surface area contributed by atoms with Crippen molar-refractivity contribution in [3.63, 3.8) is 0 Å². The minimum absolute atomic E-state index is 0.270. The largest absolute Gasteiger partial charge is 0.380 e. The summed E-state index contributed by atoms with van der Waals surface area (Å²) < 4.78 is 5.69. The molecule has 2 unspecified atom stereocenters. The van der Waals surface area contributed by atoms with Gasteiger partial charge in [-0.3, -0.25) is 0 Å². The Morgan fingerprint density at radius 1 is 1.37 bits per heavy atom. The first-order valence-corrected chi connectivity index (χ1v) is 7.61. The molecule has 1 aromatic rings. The van der Waals surface area contributed by atoms with Gasteiger partial charge in [0, 0.05) is 23.2 Å². The quantitative estimate of drug-likeness (QED) is 0.824. The Balaban J connectivity index is 2.10. The van der Waals surface area contributed by atoms with Crippen molar-refractivity contribution in [1.82, 2.24) is 5.32 Å². The van der Waals surface area contributed by atoms with Crippen LogP contribution in [0.4, 0.5) is 0 Å². The smallest absolute Gasteiger partial charge is 0.0755 e. The molecule has 0 spiro atoms. The number of hydrogen-bond donors (Lipinski definition) is 1. The van der Waals surface area contributed by atoms with Crippen LogP contribution in [0.5, 0.6) is 0 Å². The van der Waals surface area contributed by atoms with Gasteiger partial charge < -0.3 is 10.1 Å². The van der Waals surface area contributed by atoms with Crippen molar-refractivity contribution in [3.8, 4) is 0 Å². The summed E-state index contributed by atoms with van der Waals surface area (Å²) in [7, 11) is 1.80. The van der Waals surface area contributed by atoms with E-state index < -0.39 is 0 Å². The molecule has 0 heterocycles. The first-order chi connectivity index (χ1) is 9.15. The summed E-state index contributed by atoms with van der Waals surface area (Å²) in [4.78, 5) is 0. The highest BCUT2D eigenvalue weighted by molar-refractivity contribution is 6.35. The highest BCUT2D eigenvalue weighted by Gasteiger charge is 2.36. The van der Waals surface area contributed by atoms with Crippen LogP contribution in [0.1, 0.15) is 25.3 Å². The Morgan fingerprint density at radius 2 is 2.11 bits per heavy atom. The Kier molecular flexibility index (Phi) is 5.52. The maximum Gasteiger partial charge on any atom is 0.0755 e. The van der Waals surface area contributed by atoms with Crippen molar-refractivity contribution < 1.29 is 4.74 Å². The second kappa shape index (κ2) is 6.94. The molecule has 0 aromatic heterocycles. The number of nitrogens with one attached hydrogen (secondary N) is 1. The molecule has 19 heavy (non-hydrogen) atoms. The summed E-state index contributed by atoms with van der Waals surface area (Å²) in [6, 6.07) is 6.01. The maximum atomic E-state index is 6.26. The van der Waals surface area contributed by atoms with Gasteiger partial charge in [0.25, 0.3) is 0 Å². The molecule has 0 saturated heterocycles. The predicted molar refractivity (Wildman–Crippen MR) is 81.2 cm³/mol. The molecule has 2 nitrogen and oxygen atoms in total. The number of ether oxygens (including phenoxy) is 1. The van der Waals surface area contributed by atoms with Crippen molar-refractivity contribution in [2.45, 2.75) is 38.3 Å². The van der Waals surface area contributed by atoms with Crippen molar-refractivity contribution in [2.75, 3.05) is 13.7 Å². The molecule has 2 rings (SSSR count).